The Balaban J connectivity index is 1.55. The highest BCUT2D eigenvalue weighted by molar-refractivity contribution is 5.78. The van der Waals surface area contributed by atoms with Crippen LogP contribution in [0.25, 0.3) is 11.3 Å². The van der Waals surface area contributed by atoms with Crippen molar-refractivity contribution in [3.8, 4) is 11.3 Å². The quantitative estimate of drug-likeness (QED) is 0.654. The van der Waals surface area contributed by atoms with Gasteiger partial charge >= 0.3 is 0 Å². The van der Waals surface area contributed by atoms with Gasteiger partial charge in [-0.2, -0.15) is 0 Å². The lowest BCUT2D eigenvalue weighted by Gasteiger charge is -2.38. The summed E-state index contributed by atoms with van der Waals surface area (Å²) < 4.78 is 0. The van der Waals surface area contributed by atoms with Crippen molar-refractivity contribution >= 4 is 17.3 Å². The molecule has 0 amide bonds. The second-order valence-electron chi connectivity index (χ2n) is 7.94. The zero-order chi connectivity index (χ0) is 21.4. The van der Waals surface area contributed by atoms with Gasteiger partial charge in [0.05, 0.1) is 23.1 Å². The molecule has 0 aliphatic carbocycles. The molecule has 1 fully saturated rings. The largest absolute Gasteiger partial charge is 0.366 e. The Hall–Kier alpha value is -3.48. The van der Waals surface area contributed by atoms with Crippen LogP contribution in [-0.4, -0.2) is 39.1 Å². The van der Waals surface area contributed by atoms with Crippen LogP contribution in [0.5, 0.6) is 0 Å². The van der Waals surface area contributed by atoms with Crippen LogP contribution < -0.4 is 15.1 Å². The van der Waals surface area contributed by atoms with Gasteiger partial charge in [0.25, 0.3) is 0 Å². The van der Waals surface area contributed by atoms with Gasteiger partial charge in [0.15, 0.2) is 5.82 Å². The molecule has 3 aromatic rings. The Morgan fingerprint density at radius 2 is 2.03 bits per heavy atom. The minimum Gasteiger partial charge on any atom is -0.366 e. The van der Waals surface area contributed by atoms with Crippen LogP contribution in [0, 0.1) is 0 Å². The molecule has 2 bridgehead atoms. The van der Waals surface area contributed by atoms with Crippen molar-refractivity contribution in [3.05, 3.63) is 66.6 Å². The van der Waals surface area contributed by atoms with E-state index in [9.17, 15) is 0 Å². The molecular weight excluding hydrogens is 386 g/mol. The fourth-order valence-electron chi connectivity index (χ4n) is 4.46. The Morgan fingerprint density at radius 3 is 2.81 bits per heavy atom. The number of aromatic nitrogens is 4. The van der Waals surface area contributed by atoms with Crippen molar-refractivity contribution in [3.63, 3.8) is 0 Å². The molecule has 7 nitrogen and oxygen atoms in total. The Morgan fingerprint density at radius 1 is 1.13 bits per heavy atom. The van der Waals surface area contributed by atoms with Crippen LogP contribution in [-0.2, 0) is 12.8 Å². The molecular formula is C24H27N7. The summed E-state index contributed by atoms with van der Waals surface area (Å²) in [5.41, 5.74) is 4.08. The zero-order valence-corrected chi connectivity index (χ0v) is 18.0. The highest BCUT2D eigenvalue weighted by atomic mass is 15.4. The van der Waals surface area contributed by atoms with Crippen molar-refractivity contribution in [2.45, 2.75) is 39.2 Å². The van der Waals surface area contributed by atoms with Crippen LogP contribution >= 0.6 is 0 Å². The van der Waals surface area contributed by atoms with E-state index < -0.39 is 0 Å². The predicted octanol–water partition coefficient (Wildman–Crippen LogP) is 4.04. The lowest BCUT2D eigenvalue weighted by atomic mass is 10.1. The van der Waals surface area contributed by atoms with Crippen molar-refractivity contribution < 1.29 is 0 Å². The van der Waals surface area contributed by atoms with E-state index in [0.29, 0.717) is 6.04 Å². The number of aryl methyl sites for hydroxylation is 2. The standard InChI is InChI=1S/C24H27N7/c1-4-19-18(14-26-22(5-2)28-19)20-9-10-21-24(29-20)31(17-11-13-30(21)15-17)16(3)27-23-8-6-7-12-25-23/h6-10,12,14,17H,3-5,11,13,15H2,1-2H3,(H,25,27)/t17-/m0/s1. The van der Waals surface area contributed by atoms with Gasteiger partial charge in [-0.1, -0.05) is 26.5 Å². The van der Waals surface area contributed by atoms with Gasteiger partial charge in [0.1, 0.15) is 17.5 Å². The van der Waals surface area contributed by atoms with Crippen LogP contribution in [0.3, 0.4) is 0 Å². The molecule has 0 unspecified atom stereocenters. The first-order chi connectivity index (χ1) is 15.2. The van der Waals surface area contributed by atoms with E-state index >= 15 is 0 Å². The SMILES string of the molecule is C=C(Nc1ccccn1)N1c2nc(-c3cnc(CC)nc3CC)ccc2N2CC[C@H]1C2. The summed E-state index contributed by atoms with van der Waals surface area (Å²) >= 11 is 0. The van der Waals surface area contributed by atoms with Gasteiger partial charge in [0.2, 0.25) is 0 Å². The number of anilines is 3. The molecule has 0 aromatic carbocycles. The van der Waals surface area contributed by atoms with Crippen LogP contribution in [0.4, 0.5) is 17.3 Å². The molecule has 1 saturated heterocycles. The molecule has 0 radical (unpaired) electrons. The summed E-state index contributed by atoms with van der Waals surface area (Å²) in [5, 5.41) is 3.37. The van der Waals surface area contributed by atoms with E-state index in [1.54, 1.807) is 6.20 Å². The molecule has 5 rings (SSSR count). The van der Waals surface area contributed by atoms with Crippen LogP contribution in [0.15, 0.2) is 55.1 Å². The summed E-state index contributed by atoms with van der Waals surface area (Å²) in [6.45, 7) is 10.5. The van der Waals surface area contributed by atoms with E-state index in [1.807, 2.05) is 24.4 Å². The van der Waals surface area contributed by atoms with Crippen molar-refractivity contribution in [2.75, 3.05) is 28.2 Å². The number of hydrogen-bond acceptors (Lipinski definition) is 7. The maximum atomic E-state index is 5.12. The Bertz CT molecular complexity index is 1110. The third-order valence-electron chi connectivity index (χ3n) is 6.02. The van der Waals surface area contributed by atoms with Crippen molar-refractivity contribution in [1.29, 1.82) is 0 Å². The van der Waals surface area contributed by atoms with E-state index in [1.165, 1.54) is 0 Å². The van der Waals surface area contributed by atoms with E-state index in [-0.39, 0.29) is 0 Å². The lowest BCUT2D eigenvalue weighted by Crippen LogP contribution is -2.43. The summed E-state index contributed by atoms with van der Waals surface area (Å²) in [7, 11) is 0. The first-order valence-electron chi connectivity index (χ1n) is 10.9. The first-order valence-corrected chi connectivity index (χ1v) is 10.9. The van der Waals surface area contributed by atoms with Gasteiger partial charge in [-0.25, -0.2) is 19.9 Å². The van der Waals surface area contributed by atoms with Crippen molar-refractivity contribution in [2.24, 2.45) is 0 Å². The number of pyridine rings is 2. The summed E-state index contributed by atoms with van der Waals surface area (Å²) in [6.07, 6.45) is 6.44. The number of fused-ring (bicyclic) bond motifs is 4. The maximum absolute atomic E-state index is 5.12. The monoisotopic (exact) mass is 413 g/mol. The van der Waals surface area contributed by atoms with Crippen LogP contribution in [0.2, 0.25) is 0 Å². The molecule has 5 heterocycles. The average Bonchev–Trinajstić information content (AvgIpc) is 3.23. The van der Waals surface area contributed by atoms with Gasteiger partial charge in [-0.05, 0) is 37.1 Å². The molecule has 3 aromatic heterocycles. The number of nitrogens with one attached hydrogen (secondary N) is 1. The number of nitrogens with zero attached hydrogens (tertiary/aromatic N) is 6. The molecule has 158 valence electrons. The Labute approximate surface area is 182 Å². The molecule has 0 spiro atoms. The summed E-state index contributed by atoms with van der Waals surface area (Å²) in [4.78, 5) is 23.4. The lowest BCUT2D eigenvalue weighted by molar-refractivity contribution is 0.676. The van der Waals surface area contributed by atoms with Gasteiger partial charge in [-0.3, -0.25) is 0 Å². The van der Waals surface area contributed by atoms with E-state index in [2.05, 4.69) is 57.6 Å². The summed E-state index contributed by atoms with van der Waals surface area (Å²) in [6, 6.07) is 10.4. The highest BCUT2D eigenvalue weighted by Crippen LogP contribution is 2.41. The van der Waals surface area contributed by atoms with Crippen LogP contribution in [0.1, 0.15) is 31.8 Å². The fourth-order valence-corrected chi connectivity index (χ4v) is 4.46. The second kappa shape index (κ2) is 7.98. The molecule has 0 saturated carbocycles. The van der Waals surface area contributed by atoms with E-state index in [0.717, 1.165) is 78.3 Å². The number of hydrogen-bond donors (Lipinski definition) is 1. The number of rotatable bonds is 6. The third kappa shape index (κ3) is 3.50. The van der Waals surface area contributed by atoms with Crippen molar-refractivity contribution in [1.82, 2.24) is 19.9 Å². The zero-order valence-electron chi connectivity index (χ0n) is 18.0. The molecule has 1 N–H and O–H groups in total. The molecule has 1 atom stereocenters. The molecule has 31 heavy (non-hydrogen) atoms. The topological polar surface area (TPSA) is 70.1 Å². The minimum absolute atomic E-state index is 0.336. The second-order valence-corrected chi connectivity index (χ2v) is 7.94. The highest BCUT2D eigenvalue weighted by Gasteiger charge is 2.38. The molecule has 7 heteroatoms. The minimum atomic E-state index is 0.336. The average molecular weight is 414 g/mol. The Kier molecular flexibility index (Phi) is 5.02. The van der Waals surface area contributed by atoms with Gasteiger partial charge < -0.3 is 15.1 Å². The maximum Gasteiger partial charge on any atom is 0.158 e. The molecule has 2 aliphatic rings. The fraction of sp³-hybridized carbons (Fsp3) is 0.333. The predicted molar refractivity (Wildman–Crippen MR) is 124 cm³/mol. The van der Waals surface area contributed by atoms with E-state index in [4.69, 9.17) is 9.97 Å². The third-order valence-corrected chi connectivity index (χ3v) is 6.02. The smallest absolute Gasteiger partial charge is 0.158 e. The van der Waals surface area contributed by atoms with Gasteiger partial charge in [-0.15, -0.1) is 0 Å². The summed E-state index contributed by atoms with van der Waals surface area (Å²) in [5.74, 6) is 3.38. The normalized spacial score (nSPS) is 16.9. The first kappa shape index (κ1) is 19.5. The molecule has 2 aliphatic heterocycles. The van der Waals surface area contributed by atoms with Gasteiger partial charge in [0, 0.05) is 37.5 Å².